The average molecular weight is 455 g/mol. The molecule has 4 rings (SSSR count). The van der Waals surface area contributed by atoms with Gasteiger partial charge in [-0.1, -0.05) is 26.0 Å². The van der Waals surface area contributed by atoms with Gasteiger partial charge in [-0.05, 0) is 47.2 Å². The molecule has 0 bridgehead atoms. The van der Waals surface area contributed by atoms with E-state index in [0.29, 0.717) is 41.8 Å². The first-order valence-electron chi connectivity index (χ1n) is 10.5. The van der Waals surface area contributed by atoms with Gasteiger partial charge in [0.25, 0.3) is 5.91 Å². The molecular formula is C24H26N2O5S. The highest BCUT2D eigenvalue weighted by Crippen LogP contribution is 2.33. The number of carbonyl (C=O) groups is 2. The van der Waals surface area contributed by atoms with Crippen LogP contribution in [0.4, 0.5) is 0 Å². The number of carbonyl (C=O) groups excluding carboxylic acids is 2. The van der Waals surface area contributed by atoms with Crippen LogP contribution in [0.5, 0.6) is 11.5 Å². The smallest absolute Gasteiger partial charge is 0.264 e. The second-order valence-electron chi connectivity index (χ2n) is 8.07. The number of ether oxygens (including phenoxy) is 2. The minimum Gasteiger partial charge on any atom is -0.467 e. The molecule has 0 saturated heterocycles. The molecule has 1 aliphatic rings. The van der Waals surface area contributed by atoms with Gasteiger partial charge in [0.05, 0.1) is 17.7 Å². The van der Waals surface area contributed by atoms with Gasteiger partial charge in [-0.3, -0.25) is 9.59 Å². The second kappa shape index (κ2) is 9.91. The van der Waals surface area contributed by atoms with Gasteiger partial charge in [0, 0.05) is 13.1 Å². The Morgan fingerprint density at radius 2 is 1.88 bits per heavy atom. The highest BCUT2D eigenvalue weighted by Gasteiger charge is 2.25. The van der Waals surface area contributed by atoms with E-state index in [1.54, 1.807) is 28.2 Å². The molecule has 0 unspecified atom stereocenters. The Hall–Kier alpha value is -3.26. The molecule has 0 saturated carbocycles. The van der Waals surface area contributed by atoms with Crippen LogP contribution in [-0.4, -0.2) is 41.5 Å². The number of fused-ring (bicyclic) bond motifs is 1. The van der Waals surface area contributed by atoms with E-state index in [2.05, 4.69) is 0 Å². The summed E-state index contributed by atoms with van der Waals surface area (Å²) in [6, 6.07) is 12.9. The van der Waals surface area contributed by atoms with Crippen molar-refractivity contribution in [2.24, 2.45) is 5.92 Å². The minimum atomic E-state index is -0.148. The number of benzene rings is 1. The predicted octanol–water partition coefficient (Wildman–Crippen LogP) is 4.40. The summed E-state index contributed by atoms with van der Waals surface area (Å²) in [5.41, 5.74) is 0.911. The zero-order chi connectivity index (χ0) is 22.5. The lowest BCUT2D eigenvalue weighted by atomic mass is 10.1. The van der Waals surface area contributed by atoms with Crippen LogP contribution in [-0.2, 0) is 17.9 Å². The molecule has 0 radical (unpaired) electrons. The summed E-state index contributed by atoms with van der Waals surface area (Å²) in [4.78, 5) is 30.4. The van der Waals surface area contributed by atoms with Crippen LogP contribution in [0.15, 0.2) is 58.5 Å². The van der Waals surface area contributed by atoms with Gasteiger partial charge in [0.15, 0.2) is 11.5 Å². The molecule has 0 spiro atoms. The molecule has 8 heteroatoms. The third kappa shape index (κ3) is 5.31. The highest BCUT2D eigenvalue weighted by atomic mass is 32.1. The molecule has 0 aliphatic carbocycles. The monoisotopic (exact) mass is 454 g/mol. The summed E-state index contributed by atoms with van der Waals surface area (Å²) in [5.74, 6) is 2.01. The van der Waals surface area contributed by atoms with E-state index in [1.165, 1.54) is 11.3 Å². The van der Waals surface area contributed by atoms with Crippen molar-refractivity contribution in [2.75, 3.05) is 19.9 Å². The Morgan fingerprint density at radius 3 is 2.59 bits per heavy atom. The Morgan fingerprint density at radius 1 is 1.03 bits per heavy atom. The van der Waals surface area contributed by atoms with Crippen LogP contribution in [0, 0.1) is 5.92 Å². The van der Waals surface area contributed by atoms with Crippen molar-refractivity contribution in [1.29, 1.82) is 0 Å². The van der Waals surface area contributed by atoms with Gasteiger partial charge >= 0.3 is 0 Å². The standard InChI is InChI=1S/C24H26N2O5S/c1-17(2)12-26(24(28)22-6-4-10-32-22)15-23(27)25(14-19-5-3-9-29-19)13-18-7-8-20-21(11-18)31-16-30-20/h3-11,17H,12-16H2,1-2H3. The lowest BCUT2D eigenvalue weighted by Crippen LogP contribution is -2.43. The van der Waals surface area contributed by atoms with Crippen LogP contribution < -0.4 is 9.47 Å². The summed E-state index contributed by atoms with van der Waals surface area (Å²) in [5, 5.41) is 1.87. The summed E-state index contributed by atoms with van der Waals surface area (Å²) in [6.07, 6.45) is 1.59. The fourth-order valence-corrected chi connectivity index (χ4v) is 4.25. The van der Waals surface area contributed by atoms with E-state index in [-0.39, 0.29) is 31.1 Å². The molecule has 2 aromatic heterocycles. The van der Waals surface area contributed by atoms with Crippen molar-refractivity contribution in [3.63, 3.8) is 0 Å². The van der Waals surface area contributed by atoms with E-state index >= 15 is 0 Å². The Balaban J connectivity index is 1.53. The predicted molar refractivity (Wildman–Crippen MR) is 121 cm³/mol. The maximum Gasteiger partial charge on any atom is 0.264 e. The van der Waals surface area contributed by atoms with E-state index < -0.39 is 0 Å². The van der Waals surface area contributed by atoms with Crippen molar-refractivity contribution in [2.45, 2.75) is 26.9 Å². The van der Waals surface area contributed by atoms with E-state index in [1.807, 2.05) is 49.6 Å². The molecule has 2 amide bonds. The zero-order valence-electron chi connectivity index (χ0n) is 18.2. The summed E-state index contributed by atoms with van der Waals surface area (Å²) in [7, 11) is 0. The third-order valence-electron chi connectivity index (χ3n) is 5.02. The number of furan rings is 1. The molecular weight excluding hydrogens is 428 g/mol. The van der Waals surface area contributed by atoms with Crippen molar-refractivity contribution < 1.29 is 23.5 Å². The summed E-state index contributed by atoms with van der Waals surface area (Å²) >= 11 is 1.38. The normalized spacial score (nSPS) is 12.2. The number of rotatable bonds is 9. The first-order valence-corrected chi connectivity index (χ1v) is 11.4. The molecule has 3 heterocycles. The maximum absolute atomic E-state index is 13.4. The highest BCUT2D eigenvalue weighted by molar-refractivity contribution is 7.12. The number of hydrogen-bond acceptors (Lipinski definition) is 6. The van der Waals surface area contributed by atoms with Crippen LogP contribution in [0.3, 0.4) is 0 Å². The van der Waals surface area contributed by atoms with Crippen LogP contribution >= 0.6 is 11.3 Å². The van der Waals surface area contributed by atoms with E-state index in [4.69, 9.17) is 13.9 Å². The van der Waals surface area contributed by atoms with Crippen LogP contribution in [0.2, 0.25) is 0 Å². The SMILES string of the molecule is CC(C)CN(CC(=O)N(Cc1ccc2c(c1)OCO2)Cc1ccco1)C(=O)c1cccs1. The van der Waals surface area contributed by atoms with Crippen LogP contribution in [0.25, 0.3) is 0 Å². The molecule has 32 heavy (non-hydrogen) atoms. The number of hydrogen-bond donors (Lipinski definition) is 0. The quantitative estimate of drug-likeness (QED) is 0.479. The third-order valence-corrected chi connectivity index (χ3v) is 5.88. The fraction of sp³-hybridized carbons (Fsp3) is 0.333. The first kappa shape index (κ1) is 22.0. The number of amides is 2. The average Bonchev–Trinajstić information content (AvgIpc) is 3.54. The fourth-order valence-electron chi connectivity index (χ4n) is 3.56. The molecule has 168 valence electrons. The maximum atomic E-state index is 13.4. The lowest BCUT2D eigenvalue weighted by Gasteiger charge is -2.28. The van der Waals surface area contributed by atoms with Gasteiger partial charge in [0.1, 0.15) is 12.3 Å². The lowest BCUT2D eigenvalue weighted by molar-refractivity contribution is -0.133. The Kier molecular flexibility index (Phi) is 6.80. The second-order valence-corrected chi connectivity index (χ2v) is 9.02. The molecule has 0 N–H and O–H groups in total. The van der Waals surface area contributed by atoms with Crippen molar-refractivity contribution >= 4 is 23.2 Å². The molecule has 0 atom stereocenters. The van der Waals surface area contributed by atoms with E-state index in [0.717, 1.165) is 5.56 Å². The van der Waals surface area contributed by atoms with Gasteiger partial charge < -0.3 is 23.7 Å². The van der Waals surface area contributed by atoms with Gasteiger partial charge in [0.2, 0.25) is 12.7 Å². The summed E-state index contributed by atoms with van der Waals surface area (Å²) in [6.45, 7) is 5.44. The largest absolute Gasteiger partial charge is 0.467 e. The Bertz CT molecular complexity index is 1050. The Labute approximate surface area is 191 Å². The number of thiophene rings is 1. The zero-order valence-corrected chi connectivity index (χ0v) is 19.0. The first-order chi connectivity index (χ1) is 15.5. The molecule has 0 fully saturated rings. The molecule has 3 aromatic rings. The number of nitrogens with zero attached hydrogens (tertiary/aromatic N) is 2. The topological polar surface area (TPSA) is 72.2 Å². The summed E-state index contributed by atoms with van der Waals surface area (Å²) < 4.78 is 16.3. The molecule has 7 nitrogen and oxygen atoms in total. The van der Waals surface area contributed by atoms with Gasteiger partial charge in [-0.25, -0.2) is 0 Å². The minimum absolute atomic E-state index is 0.000172. The molecule has 1 aliphatic heterocycles. The van der Waals surface area contributed by atoms with Crippen LogP contribution in [0.1, 0.15) is 34.8 Å². The van der Waals surface area contributed by atoms with Crippen molar-refractivity contribution in [1.82, 2.24) is 9.80 Å². The van der Waals surface area contributed by atoms with Gasteiger partial charge in [-0.2, -0.15) is 0 Å². The van der Waals surface area contributed by atoms with Crippen molar-refractivity contribution in [3.8, 4) is 11.5 Å². The van der Waals surface area contributed by atoms with E-state index in [9.17, 15) is 9.59 Å². The van der Waals surface area contributed by atoms with Crippen molar-refractivity contribution in [3.05, 3.63) is 70.3 Å². The molecule has 1 aromatic carbocycles. The van der Waals surface area contributed by atoms with Gasteiger partial charge in [-0.15, -0.1) is 11.3 Å².